The van der Waals surface area contributed by atoms with E-state index in [9.17, 15) is 9.90 Å². The van der Waals surface area contributed by atoms with Crippen LogP contribution in [0, 0.1) is 28.1 Å². The molecule has 0 aromatic heterocycles. The second kappa shape index (κ2) is 4.84. The van der Waals surface area contributed by atoms with Crippen molar-refractivity contribution >= 4 is 5.97 Å². The average Bonchev–Trinajstić information content (AvgIpc) is 2.99. The number of aliphatic hydroxyl groups is 1. The molecule has 4 rings (SSSR count). The van der Waals surface area contributed by atoms with Gasteiger partial charge >= 0.3 is 5.97 Å². The molecule has 128 valence electrons. The zero-order chi connectivity index (χ0) is 16.5. The van der Waals surface area contributed by atoms with E-state index in [2.05, 4.69) is 20.8 Å². The van der Waals surface area contributed by atoms with Crippen molar-refractivity contribution in [1.82, 2.24) is 0 Å². The molecule has 0 aromatic carbocycles. The topological polar surface area (TPSA) is 46.5 Å². The fourth-order valence-corrected chi connectivity index (χ4v) is 6.65. The highest BCUT2D eigenvalue weighted by Gasteiger charge is 2.72. The lowest BCUT2D eigenvalue weighted by molar-refractivity contribution is -0.151. The van der Waals surface area contributed by atoms with Crippen LogP contribution in [0.5, 0.6) is 0 Å². The van der Waals surface area contributed by atoms with Gasteiger partial charge in [0.15, 0.2) is 0 Å². The lowest BCUT2D eigenvalue weighted by atomic mass is 9.50. The van der Waals surface area contributed by atoms with Gasteiger partial charge in [-0.2, -0.15) is 0 Å². The van der Waals surface area contributed by atoms with E-state index in [4.69, 9.17) is 4.74 Å². The number of hydrogen-bond donors (Lipinski definition) is 1. The summed E-state index contributed by atoms with van der Waals surface area (Å²) >= 11 is 0. The highest BCUT2D eigenvalue weighted by molar-refractivity contribution is 5.85. The predicted octanol–water partition coefficient (Wildman–Crippen LogP) is 4.20. The fraction of sp³-hybridized carbons (Fsp3) is 0.850. The molecule has 3 saturated carbocycles. The molecular weight excluding hydrogens is 288 g/mol. The molecule has 1 spiro atoms. The first-order valence-electron chi connectivity index (χ1n) is 9.40. The maximum Gasteiger partial charge on any atom is 0.333 e. The number of esters is 1. The quantitative estimate of drug-likeness (QED) is 0.793. The monoisotopic (exact) mass is 318 g/mol. The molecule has 3 heteroatoms. The Morgan fingerprint density at radius 2 is 2.09 bits per heavy atom. The third-order valence-electron chi connectivity index (χ3n) is 8.42. The van der Waals surface area contributed by atoms with E-state index in [1.54, 1.807) is 0 Å². The molecule has 1 heterocycles. The second-order valence-corrected chi connectivity index (χ2v) is 9.29. The molecule has 0 radical (unpaired) electrons. The number of carbonyl (C=O) groups is 1. The number of rotatable bonds is 3. The van der Waals surface area contributed by atoms with Crippen molar-refractivity contribution < 1.29 is 14.6 Å². The van der Waals surface area contributed by atoms with Gasteiger partial charge in [-0.05, 0) is 73.0 Å². The van der Waals surface area contributed by atoms with E-state index in [0.717, 1.165) is 30.3 Å². The molecule has 3 nitrogen and oxygen atoms in total. The van der Waals surface area contributed by atoms with Crippen molar-refractivity contribution in [2.45, 2.75) is 78.4 Å². The molecule has 4 aliphatic rings. The standard InChI is InChI=1S/C20H30O3/c1-13-6-10-20-12-18(20,2)8-4-5-15(20)19(13,3)9-7-14-11-16(21)23-17(14)22/h11,13,15,17,22H,4-10,12H2,1-3H3/t13-,15+,17?,18-,19-,20-/m0/s1. The fourth-order valence-electron chi connectivity index (χ4n) is 6.65. The molecule has 3 aliphatic carbocycles. The highest BCUT2D eigenvalue weighted by atomic mass is 16.6. The summed E-state index contributed by atoms with van der Waals surface area (Å²) in [5.74, 6) is 1.14. The second-order valence-electron chi connectivity index (χ2n) is 9.29. The van der Waals surface area contributed by atoms with Gasteiger partial charge in [0.05, 0.1) is 0 Å². The van der Waals surface area contributed by atoms with Crippen molar-refractivity contribution in [2.75, 3.05) is 0 Å². The number of hydrogen-bond acceptors (Lipinski definition) is 3. The van der Waals surface area contributed by atoms with Crippen molar-refractivity contribution in [2.24, 2.45) is 28.1 Å². The van der Waals surface area contributed by atoms with Gasteiger partial charge in [0.2, 0.25) is 6.29 Å². The Labute approximate surface area is 139 Å². The van der Waals surface area contributed by atoms with Crippen LogP contribution < -0.4 is 0 Å². The van der Waals surface area contributed by atoms with Gasteiger partial charge in [-0.25, -0.2) is 4.79 Å². The third-order valence-corrected chi connectivity index (χ3v) is 8.42. The summed E-state index contributed by atoms with van der Waals surface area (Å²) in [6, 6.07) is 0. The van der Waals surface area contributed by atoms with Gasteiger partial charge in [0.1, 0.15) is 0 Å². The minimum Gasteiger partial charge on any atom is -0.429 e. The highest BCUT2D eigenvalue weighted by Crippen LogP contribution is 2.80. The maximum atomic E-state index is 11.3. The first-order valence-corrected chi connectivity index (χ1v) is 9.40. The number of carbonyl (C=O) groups excluding carboxylic acids is 1. The van der Waals surface area contributed by atoms with E-state index in [1.807, 2.05) is 0 Å². The molecule has 0 bridgehead atoms. The molecule has 3 fully saturated rings. The van der Waals surface area contributed by atoms with Gasteiger partial charge in [-0.1, -0.05) is 27.2 Å². The van der Waals surface area contributed by atoms with E-state index in [1.165, 1.54) is 44.6 Å². The van der Waals surface area contributed by atoms with Crippen LogP contribution in [0.15, 0.2) is 11.6 Å². The summed E-state index contributed by atoms with van der Waals surface area (Å²) in [4.78, 5) is 11.3. The summed E-state index contributed by atoms with van der Waals surface area (Å²) in [5, 5.41) is 9.86. The van der Waals surface area contributed by atoms with Crippen molar-refractivity contribution in [3.05, 3.63) is 11.6 Å². The SMILES string of the molecule is C[C@H]1CC[C@@]23C[C@]2(C)CCC[C@@H]3[C@@]1(C)CCC1=CC(=O)OC1O. The molecule has 0 aromatic rings. The Kier molecular flexibility index (Phi) is 3.30. The van der Waals surface area contributed by atoms with Crippen LogP contribution in [0.1, 0.15) is 72.1 Å². The summed E-state index contributed by atoms with van der Waals surface area (Å²) in [6.45, 7) is 7.42. The largest absolute Gasteiger partial charge is 0.429 e. The van der Waals surface area contributed by atoms with Crippen LogP contribution in [0.2, 0.25) is 0 Å². The predicted molar refractivity (Wildman–Crippen MR) is 88.4 cm³/mol. The molecule has 1 unspecified atom stereocenters. The first-order chi connectivity index (χ1) is 10.8. The van der Waals surface area contributed by atoms with Crippen LogP contribution in [0.3, 0.4) is 0 Å². The van der Waals surface area contributed by atoms with E-state index < -0.39 is 12.3 Å². The van der Waals surface area contributed by atoms with Crippen molar-refractivity contribution in [3.8, 4) is 0 Å². The van der Waals surface area contributed by atoms with Crippen LogP contribution in [0.25, 0.3) is 0 Å². The summed E-state index contributed by atoms with van der Waals surface area (Å²) < 4.78 is 4.85. The van der Waals surface area contributed by atoms with Gasteiger partial charge in [-0.15, -0.1) is 0 Å². The Hall–Kier alpha value is -0.830. The third kappa shape index (κ3) is 2.08. The van der Waals surface area contributed by atoms with Gasteiger partial charge in [0.25, 0.3) is 0 Å². The normalized spacial score (nSPS) is 51.6. The van der Waals surface area contributed by atoms with Crippen LogP contribution >= 0.6 is 0 Å². The Balaban J connectivity index is 1.55. The zero-order valence-corrected chi connectivity index (χ0v) is 14.7. The Morgan fingerprint density at radius 1 is 1.30 bits per heavy atom. The number of ether oxygens (including phenoxy) is 1. The summed E-state index contributed by atoms with van der Waals surface area (Å²) in [6.07, 6.45) is 10.7. The van der Waals surface area contributed by atoms with E-state index >= 15 is 0 Å². The van der Waals surface area contributed by atoms with Gasteiger partial charge < -0.3 is 9.84 Å². The lowest BCUT2D eigenvalue weighted by Crippen LogP contribution is -2.47. The minimum atomic E-state index is -1.00. The smallest absolute Gasteiger partial charge is 0.333 e. The number of aliphatic hydroxyl groups excluding tert-OH is 1. The number of cyclic esters (lactones) is 1. The molecule has 23 heavy (non-hydrogen) atoms. The van der Waals surface area contributed by atoms with Gasteiger partial charge in [0, 0.05) is 11.6 Å². The van der Waals surface area contributed by atoms with Gasteiger partial charge in [-0.3, -0.25) is 0 Å². The molecule has 1 N–H and O–H groups in total. The molecule has 0 saturated heterocycles. The minimum absolute atomic E-state index is 0.322. The molecule has 6 atom stereocenters. The van der Waals surface area contributed by atoms with Crippen LogP contribution in [-0.2, 0) is 9.53 Å². The lowest BCUT2D eigenvalue weighted by Gasteiger charge is -2.55. The Morgan fingerprint density at radius 3 is 2.78 bits per heavy atom. The summed E-state index contributed by atoms with van der Waals surface area (Å²) in [7, 11) is 0. The molecule has 0 amide bonds. The van der Waals surface area contributed by atoms with Crippen LogP contribution in [0.4, 0.5) is 0 Å². The average molecular weight is 318 g/mol. The van der Waals surface area contributed by atoms with E-state index in [-0.39, 0.29) is 0 Å². The summed E-state index contributed by atoms with van der Waals surface area (Å²) in [5.41, 5.74) is 2.30. The van der Waals surface area contributed by atoms with Crippen molar-refractivity contribution in [1.29, 1.82) is 0 Å². The zero-order valence-electron chi connectivity index (χ0n) is 14.7. The molecular formula is C20H30O3. The maximum absolute atomic E-state index is 11.3. The van der Waals surface area contributed by atoms with Crippen molar-refractivity contribution in [3.63, 3.8) is 0 Å². The first kappa shape index (κ1) is 15.7. The Bertz CT molecular complexity index is 567. The molecule has 1 aliphatic heterocycles. The van der Waals surface area contributed by atoms with E-state index in [0.29, 0.717) is 16.2 Å². The van der Waals surface area contributed by atoms with Crippen LogP contribution in [-0.4, -0.2) is 17.4 Å².